The van der Waals surface area contributed by atoms with Crippen LogP contribution in [0.25, 0.3) is 5.69 Å². The number of rotatable bonds is 6. The summed E-state index contributed by atoms with van der Waals surface area (Å²) in [4.78, 5) is 12.0. The van der Waals surface area contributed by atoms with Crippen molar-refractivity contribution < 1.29 is 9.53 Å². The molecular formula is C21H18BrCl2N3O2. The standard InChI is InChI=1S/C21H18BrCl2N3O2/c1-13-9-15(14(2)27(13)18-6-3-16(22)4-7-18)11-25-26-21(28)12-29-20-8-5-17(23)10-19(20)24/h3-11H,12H2,1-2H3,(H,26,28)/b25-11+. The van der Waals surface area contributed by atoms with Crippen LogP contribution in [0.3, 0.4) is 0 Å². The molecule has 1 heterocycles. The zero-order valence-electron chi connectivity index (χ0n) is 15.7. The molecule has 0 atom stereocenters. The number of carbonyl (C=O) groups is 1. The van der Waals surface area contributed by atoms with Crippen molar-refractivity contribution in [1.82, 2.24) is 9.99 Å². The van der Waals surface area contributed by atoms with Gasteiger partial charge in [0.15, 0.2) is 6.61 Å². The van der Waals surface area contributed by atoms with Crippen molar-refractivity contribution in [2.75, 3.05) is 6.61 Å². The molecule has 0 saturated heterocycles. The monoisotopic (exact) mass is 493 g/mol. The number of benzene rings is 2. The molecule has 3 rings (SSSR count). The Morgan fingerprint density at radius 3 is 2.59 bits per heavy atom. The van der Waals surface area contributed by atoms with Crippen molar-refractivity contribution in [2.24, 2.45) is 5.10 Å². The number of ether oxygens (including phenoxy) is 1. The van der Waals surface area contributed by atoms with Crippen molar-refractivity contribution in [3.8, 4) is 11.4 Å². The number of nitrogens with one attached hydrogen (secondary N) is 1. The predicted molar refractivity (Wildman–Crippen MR) is 121 cm³/mol. The molecule has 0 fully saturated rings. The van der Waals surface area contributed by atoms with Crippen LogP contribution in [0.4, 0.5) is 0 Å². The average Bonchev–Trinajstić information content (AvgIpc) is 2.95. The van der Waals surface area contributed by atoms with E-state index in [2.05, 4.69) is 31.0 Å². The van der Waals surface area contributed by atoms with Gasteiger partial charge >= 0.3 is 0 Å². The summed E-state index contributed by atoms with van der Waals surface area (Å²) in [5.74, 6) is -0.0118. The maximum absolute atomic E-state index is 12.0. The van der Waals surface area contributed by atoms with Crippen molar-refractivity contribution in [2.45, 2.75) is 13.8 Å². The Kier molecular flexibility index (Phi) is 7.00. The summed E-state index contributed by atoms with van der Waals surface area (Å²) in [5.41, 5.74) is 6.51. The van der Waals surface area contributed by atoms with Gasteiger partial charge in [-0.15, -0.1) is 0 Å². The Hall–Kier alpha value is -2.28. The SMILES string of the molecule is Cc1cc(/C=N/NC(=O)COc2ccc(Cl)cc2Cl)c(C)n1-c1ccc(Br)cc1. The zero-order chi connectivity index (χ0) is 21.0. The molecule has 0 aliphatic heterocycles. The first kappa shape index (κ1) is 21.4. The molecular weight excluding hydrogens is 477 g/mol. The number of amides is 1. The highest BCUT2D eigenvalue weighted by molar-refractivity contribution is 9.10. The summed E-state index contributed by atoms with van der Waals surface area (Å²) >= 11 is 15.3. The molecule has 0 spiro atoms. The van der Waals surface area contributed by atoms with Crippen molar-refractivity contribution >= 4 is 51.3 Å². The number of hydrazone groups is 1. The topological polar surface area (TPSA) is 55.6 Å². The van der Waals surface area contributed by atoms with Crippen LogP contribution < -0.4 is 10.2 Å². The highest BCUT2D eigenvalue weighted by Gasteiger charge is 2.10. The smallest absolute Gasteiger partial charge is 0.277 e. The van der Waals surface area contributed by atoms with Crippen LogP contribution in [0.5, 0.6) is 5.75 Å². The van der Waals surface area contributed by atoms with Crippen molar-refractivity contribution in [3.05, 3.63) is 80.0 Å². The Balaban J connectivity index is 1.62. The molecule has 8 heteroatoms. The second kappa shape index (κ2) is 9.48. The van der Waals surface area contributed by atoms with Crippen LogP contribution >= 0.6 is 39.1 Å². The summed E-state index contributed by atoms with van der Waals surface area (Å²) in [6.07, 6.45) is 1.62. The van der Waals surface area contributed by atoms with E-state index in [1.807, 2.05) is 44.2 Å². The number of aromatic nitrogens is 1. The average molecular weight is 495 g/mol. The largest absolute Gasteiger partial charge is 0.482 e. The normalized spacial score (nSPS) is 11.1. The maximum Gasteiger partial charge on any atom is 0.277 e. The molecule has 3 aromatic rings. The van der Waals surface area contributed by atoms with E-state index in [4.69, 9.17) is 27.9 Å². The van der Waals surface area contributed by atoms with Gasteiger partial charge in [0.25, 0.3) is 5.91 Å². The Morgan fingerprint density at radius 1 is 1.17 bits per heavy atom. The van der Waals surface area contributed by atoms with Gasteiger partial charge in [-0.3, -0.25) is 4.79 Å². The van der Waals surface area contributed by atoms with Gasteiger partial charge in [0.1, 0.15) is 5.75 Å². The zero-order valence-corrected chi connectivity index (χ0v) is 18.8. The summed E-state index contributed by atoms with van der Waals surface area (Å²) < 4.78 is 8.54. The van der Waals surface area contributed by atoms with Crippen LogP contribution in [0.1, 0.15) is 17.0 Å². The first-order valence-electron chi connectivity index (χ1n) is 8.70. The molecule has 0 aliphatic carbocycles. The van der Waals surface area contributed by atoms with E-state index < -0.39 is 5.91 Å². The van der Waals surface area contributed by atoms with Crippen LogP contribution in [0, 0.1) is 13.8 Å². The number of nitrogens with zero attached hydrogens (tertiary/aromatic N) is 2. The van der Waals surface area contributed by atoms with Crippen molar-refractivity contribution in [1.29, 1.82) is 0 Å². The summed E-state index contributed by atoms with van der Waals surface area (Å²) in [6.45, 7) is 3.81. The number of aryl methyl sites for hydroxylation is 1. The van der Waals surface area contributed by atoms with E-state index in [1.54, 1.807) is 24.4 Å². The van der Waals surface area contributed by atoms with Gasteiger partial charge in [0, 0.05) is 32.1 Å². The highest BCUT2D eigenvalue weighted by atomic mass is 79.9. The lowest BCUT2D eigenvalue weighted by Gasteiger charge is -2.09. The fourth-order valence-electron chi connectivity index (χ4n) is 2.85. The molecule has 29 heavy (non-hydrogen) atoms. The Morgan fingerprint density at radius 2 is 1.90 bits per heavy atom. The third kappa shape index (κ3) is 5.41. The van der Waals surface area contributed by atoms with Crippen LogP contribution in [0.2, 0.25) is 10.0 Å². The van der Waals surface area contributed by atoms with Gasteiger partial charge in [-0.1, -0.05) is 39.1 Å². The quantitative estimate of drug-likeness (QED) is 0.353. The van der Waals surface area contributed by atoms with Crippen LogP contribution in [0.15, 0.2) is 58.1 Å². The molecule has 0 aliphatic rings. The van der Waals surface area contributed by atoms with Gasteiger partial charge in [-0.2, -0.15) is 5.10 Å². The van der Waals surface area contributed by atoms with Crippen molar-refractivity contribution in [3.63, 3.8) is 0 Å². The third-order valence-corrected chi connectivity index (χ3v) is 5.26. The predicted octanol–water partition coefficient (Wildman–Crippen LogP) is 5.69. The second-order valence-corrected chi connectivity index (χ2v) is 8.05. The number of hydrogen-bond acceptors (Lipinski definition) is 3. The minimum atomic E-state index is -0.394. The van der Waals surface area contributed by atoms with Gasteiger partial charge in [-0.05, 0) is 62.4 Å². The minimum absolute atomic E-state index is 0.212. The maximum atomic E-state index is 12.0. The summed E-state index contributed by atoms with van der Waals surface area (Å²) in [5, 5.41) is 4.87. The first-order valence-corrected chi connectivity index (χ1v) is 10.2. The van der Waals surface area contributed by atoms with Gasteiger partial charge in [0.05, 0.1) is 11.2 Å². The fraction of sp³-hybridized carbons (Fsp3) is 0.143. The van der Waals surface area contributed by atoms with E-state index in [0.717, 1.165) is 27.1 Å². The first-order chi connectivity index (χ1) is 13.8. The lowest BCUT2D eigenvalue weighted by Crippen LogP contribution is -2.24. The molecule has 5 nitrogen and oxygen atoms in total. The van der Waals surface area contributed by atoms with E-state index in [9.17, 15) is 4.79 Å². The van der Waals surface area contributed by atoms with E-state index in [0.29, 0.717) is 15.8 Å². The molecule has 1 aromatic heterocycles. The van der Waals surface area contributed by atoms with Gasteiger partial charge < -0.3 is 9.30 Å². The van der Waals surface area contributed by atoms with Gasteiger partial charge in [0.2, 0.25) is 0 Å². The molecule has 0 saturated carbocycles. The molecule has 0 bridgehead atoms. The fourth-order valence-corrected chi connectivity index (χ4v) is 3.57. The van der Waals surface area contributed by atoms with Crippen LogP contribution in [-0.4, -0.2) is 23.3 Å². The Bertz CT molecular complexity index is 1060. The molecule has 0 unspecified atom stereocenters. The summed E-state index contributed by atoms with van der Waals surface area (Å²) in [6, 6.07) is 14.9. The number of carbonyl (C=O) groups excluding carboxylic acids is 1. The van der Waals surface area contributed by atoms with E-state index in [1.165, 1.54) is 0 Å². The lowest BCUT2D eigenvalue weighted by atomic mass is 10.2. The molecule has 150 valence electrons. The number of hydrogen-bond donors (Lipinski definition) is 1. The Labute approximate surface area is 187 Å². The second-order valence-electron chi connectivity index (χ2n) is 6.29. The highest BCUT2D eigenvalue weighted by Crippen LogP contribution is 2.27. The third-order valence-electron chi connectivity index (χ3n) is 4.20. The molecule has 0 radical (unpaired) electrons. The lowest BCUT2D eigenvalue weighted by molar-refractivity contribution is -0.123. The molecule has 1 N–H and O–H groups in total. The van der Waals surface area contributed by atoms with E-state index in [-0.39, 0.29) is 6.61 Å². The minimum Gasteiger partial charge on any atom is -0.482 e. The number of halogens is 3. The summed E-state index contributed by atoms with van der Waals surface area (Å²) in [7, 11) is 0. The molecule has 1 amide bonds. The van der Waals surface area contributed by atoms with E-state index >= 15 is 0 Å². The van der Waals surface area contributed by atoms with Gasteiger partial charge in [-0.25, -0.2) is 5.43 Å². The molecule has 2 aromatic carbocycles. The van der Waals surface area contributed by atoms with Crippen LogP contribution in [-0.2, 0) is 4.79 Å².